The number of alkyl halides is 5. The minimum Gasteiger partial charge on any atom is -0.478 e. The number of halogens is 5. The molecule has 0 bridgehead atoms. The fourth-order valence-corrected chi connectivity index (χ4v) is 1.58. The van der Waals surface area contributed by atoms with E-state index < -0.39 is 23.8 Å². The van der Waals surface area contributed by atoms with Crippen LogP contribution in [0.5, 0.6) is 0 Å². The molecule has 0 unspecified atom stereocenters. The molecule has 0 saturated heterocycles. The Morgan fingerprint density at radius 1 is 1.05 bits per heavy atom. The first-order valence-corrected chi connectivity index (χ1v) is 5.22. The van der Waals surface area contributed by atoms with Crippen molar-refractivity contribution in [3.8, 4) is 0 Å². The summed E-state index contributed by atoms with van der Waals surface area (Å²) < 4.78 is 62.9. The molecule has 20 heavy (non-hydrogen) atoms. The summed E-state index contributed by atoms with van der Waals surface area (Å²) in [5.41, 5.74) is -1.69. The van der Waals surface area contributed by atoms with Crippen molar-refractivity contribution in [2.24, 2.45) is 0 Å². The number of fused-ring (bicyclic) bond motifs is 1. The summed E-state index contributed by atoms with van der Waals surface area (Å²) in [6, 6.07) is 4.80. The van der Waals surface area contributed by atoms with E-state index in [1.807, 2.05) is 0 Å². The molecule has 2 aromatic rings. The molecular weight excluding hydrogens is 285 g/mol. The van der Waals surface area contributed by atoms with Gasteiger partial charge in [-0.15, -0.1) is 0 Å². The third-order valence-electron chi connectivity index (χ3n) is 2.61. The van der Waals surface area contributed by atoms with Crippen molar-refractivity contribution in [2.45, 2.75) is 12.1 Å². The molecule has 0 saturated carbocycles. The fourth-order valence-electron chi connectivity index (χ4n) is 1.58. The van der Waals surface area contributed by atoms with Gasteiger partial charge >= 0.3 is 18.1 Å². The van der Waals surface area contributed by atoms with Gasteiger partial charge in [-0.2, -0.15) is 22.0 Å². The molecule has 0 aliphatic carbocycles. The van der Waals surface area contributed by atoms with Gasteiger partial charge in [-0.1, -0.05) is 6.07 Å². The molecule has 106 valence electrons. The highest BCUT2D eigenvalue weighted by atomic mass is 19.4. The topological polar surface area (TPSA) is 50.2 Å². The second-order valence-electron chi connectivity index (χ2n) is 3.98. The largest absolute Gasteiger partial charge is 0.478 e. The Balaban J connectivity index is 2.56. The highest BCUT2D eigenvalue weighted by molar-refractivity contribution is 5.93. The number of aromatic carboxylic acids is 1. The van der Waals surface area contributed by atoms with Gasteiger partial charge in [0, 0.05) is 5.39 Å². The number of aromatic nitrogens is 1. The zero-order valence-electron chi connectivity index (χ0n) is 9.58. The van der Waals surface area contributed by atoms with Gasteiger partial charge in [-0.25, -0.2) is 9.78 Å². The average Bonchev–Trinajstić information content (AvgIpc) is 2.36. The molecule has 0 atom stereocenters. The summed E-state index contributed by atoms with van der Waals surface area (Å²) >= 11 is 0. The predicted molar refractivity (Wildman–Crippen MR) is 58.7 cm³/mol. The highest BCUT2D eigenvalue weighted by Crippen LogP contribution is 2.43. The van der Waals surface area contributed by atoms with E-state index in [0.717, 1.165) is 24.3 Å². The predicted octanol–water partition coefficient (Wildman–Crippen LogP) is 3.59. The molecule has 0 spiro atoms. The number of hydrogen-bond acceptors (Lipinski definition) is 2. The number of rotatable bonds is 2. The minimum absolute atomic E-state index is 0.116. The number of nitrogens with zero attached hydrogens (tertiary/aromatic N) is 1. The number of benzene rings is 1. The van der Waals surface area contributed by atoms with Crippen molar-refractivity contribution in [3.63, 3.8) is 0 Å². The molecule has 0 radical (unpaired) electrons. The average molecular weight is 291 g/mol. The Morgan fingerprint density at radius 2 is 1.70 bits per heavy atom. The third-order valence-corrected chi connectivity index (χ3v) is 2.61. The maximum absolute atomic E-state index is 13.1. The normalized spacial score (nSPS) is 12.7. The third kappa shape index (κ3) is 2.28. The molecular formula is C12H6F5NO2. The number of carboxylic acid groups (broad SMARTS) is 1. The standard InChI is InChI=1S/C12H6F5NO2/c13-11(14,12(15,16)17)9-4-2-6-5-7(10(19)20)1-3-8(6)18-9/h1-5H,(H,19,20). The van der Waals surface area contributed by atoms with Crippen LogP contribution in [-0.2, 0) is 5.92 Å². The van der Waals surface area contributed by atoms with E-state index in [0.29, 0.717) is 6.07 Å². The molecule has 0 aliphatic heterocycles. The fraction of sp³-hybridized carbons (Fsp3) is 0.167. The maximum Gasteiger partial charge on any atom is 0.459 e. The van der Waals surface area contributed by atoms with Gasteiger partial charge in [-0.05, 0) is 24.3 Å². The van der Waals surface area contributed by atoms with Crippen LogP contribution in [0, 0.1) is 0 Å². The van der Waals surface area contributed by atoms with Gasteiger partial charge in [0.1, 0.15) is 5.69 Å². The molecule has 3 nitrogen and oxygen atoms in total. The van der Waals surface area contributed by atoms with Crippen molar-refractivity contribution < 1.29 is 31.9 Å². The first-order chi connectivity index (χ1) is 9.13. The molecule has 1 aromatic heterocycles. The first-order valence-electron chi connectivity index (χ1n) is 5.22. The Labute approximate surface area is 108 Å². The van der Waals surface area contributed by atoms with Gasteiger partial charge in [0.15, 0.2) is 0 Å². The van der Waals surface area contributed by atoms with Gasteiger partial charge in [0.2, 0.25) is 0 Å². The first kappa shape index (κ1) is 14.2. The lowest BCUT2D eigenvalue weighted by Gasteiger charge is -2.19. The summed E-state index contributed by atoms with van der Waals surface area (Å²) in [6.45, 7) is 0. The zero-order chi connectivity index (χ0) is 15.1. The van der Waals surface area contributed by atoms with Crippen LogP contribution in [0.3, 0.4) is 0 Å². The molecule has 0 fully saturated rings. The van der Waals surface area contributed by atoms with Crippen molar-refractivity contribution in [1.82, 2.24) is 4.98 Å². The van der Waals surface area contributed by atoms with E-state index >= 15 is 0 Å². The van der Waals surface area contributed by atoms with Crippen molar-refractivity contribution in [1.29, 1.82) is 0 Å². The quantitative estimate of drug-likeness (QED) is 0.860. The van der Waals surface area contributed by atoms with Gasteiger partial charge in [0.25, 0.3) is 0 Å². The van der Waals surface area contributed by atoms with E-state index in [9.17, 15) is 26.7 Å². The number of pyridine rings is 1. The van der Waals surface area contributed by atoms with Crippen LogP contribution in [0.4, 0.5) is 22.0 Å². The van der Waals surface area contributed by atoms with Crippen LogP contribution in [0.25, 0.3) is 10.9 Å². The van der Waals surface area contributed by atoms with Crippen LogP contribution in [0.1, 0.15) is 16.1 Å². The van der Waals surface area contributed by atoms with Gasteiger partial charge in [0.05, 0.1) is 11.1 Å². The maximum atomic E-state index is 13.1. The molecule has 1 N–H and O–H groups in total. The number of hydrogen-bond donors (Lipinski definition) is 1. The summed E-state index contributed by atoms with van der Waals surface area (Å²) in [5.74, 6) is -6.30. The second-order valence-corrected chi connectivity index (χ2v) is 3.98. The van der Waals surface area contributed by atoms with Crippen LogP contribution < -0.4 is 0 Å². The smallest absolute Gasteiger partial charge is 0.459 e. The molecule has 8 heteroatoms. The second kappa shape index (κ2) is 4.39. The lowest BCUT2D eigenvalue weighted by molar-refractivity contribution is -0.290. The van der Waals surface area contributed by atoms with Crippen LogP contribution in [0.2, 0.25) is 0 Å². The van der Waals surface area contributed by atoms with E-state index in [2.05, 4.69) is 4.98 Å². The van der Waals surface area contributed by atoms with E-state index in [4.69, 9.17) is 5.11 Å². The van der Waals surface area contributed by atoms with Crippen LogP contribution in [0.15, 0.2) is 30.3 Å². The summed E-state index contributed by atoms with van der Waals surface area (Å²) in [6.07, 6.45) is -5.74. The molecule has 0 aliphatic rings. The number of carboxylic acids is 1. The lowest BCUT2D eigenvalue weighted by atomic mass is 10.1. The van der Waals surface area contributed by atoms with Gasteiger partial charge < -0.3 is 5.11 Å². The van der Waals surface area contributed by atoms with Crippen molar-refractivity contribution >= 4 is 16.9 Å². The molecule has 1 heterocycles. The SMILES string of the molecule is O=C(O)c1ccc2nc(C(F)(F)C(F)(F)F)ccc2c1. The minimum atomic E-state index is -5.74. The Kier molecular flexibility index (Phi) is 3.11. The van der Waals surface area contributed by atoms with Crippen LogP contribution in [-0.4, -0.2) is 22.2 Å². The summed E-state index contributed by atoms with van der Waals surface area (Å²) in [4.78, 5) is 14.0. The number of carbonyl (C=O) groups is 1. The van der Waals surface area contributed by atoms with Crippen molar-refractivity contribution in [2.75, 3.05) is 0 Å². The zero-order valence-corrected chi connectivity index (χ0v) is 9.58. The van der Waals surface area contributed by atoms with Gasteiger partial charge in [-0.3, -0.25) is 0 Å². The molecule has 1 aromatic carbocycles. The Hall–Kier alpha value is -2.25. The molecule has 2 rings (SSSR count). The van der Waals surface area contributed by atoms with E-state index in [1.165, 1.54) is 0 Å². The Bertz CT molecular complexity index is 681. The monoisotopic (exact) mass is 291 g/mol. The van der Waals surface area contributed by atoms with Crippen LogP contribution >= 0.6 is 0 Å². The van der Waals surface area contributed by atoms with E-state index in [1.54, 1.807) is 0 Å². The van der Waals surface area contributed by atoms with E-state index in [-0.39, 0.29) is 16.5 Å². The summed E-state index contributed by atoms with van der Waals surface area (Å²) in [5, 5.41) is 8.90. The Morgan fingerprint density at radius 3 is 2.25 bits per heavy atom. The molecule has 0 amide bonds. The van der Waals surface area contributed by atoms with Crippen molar-refractivity contribution in [3.05, 3.63) is 41.6 Å². The highest BCUT2D eigenvalue weighted by Gasteiger charge is 2.59. The summed E-state index contributed by atoms with van der Waals surface area (Å²) in [7, 11) is 0. The lowest BCUT2D eigenvalue weighted by Crippen LogP contribution is -2.34.